The first-order valence-electron chi connectivity index (χ1n) is 2.65. The van der Waals surface area contributed by atoms with Gasteiger partial charge in [-0.1, -0.05) is 0 Å². The Morgan fingerprint density at radius 3 is 2.70 bits per heavy atom. The van der Waals surface area contributed by atoms with Gasteiger partial charge in [0, 0.05) is 7.11 Å². The van der Waals surface area contributed by atoms with Gasteiger partial charge in [-0.15, -0.1) is 11.6 Å². The van der Waals surface area contributed by atoms with Crippen LogP contribution in [-0.4, -0.2) is 37.0 Å². The number of rotatable bonds is 4. The zero-order valence-corrected chi connectivity index (χ0v) is 6.30. The zero-order chi connectivity index (χ0) is 7.98. The third-order valence-electron chi connectivity index (χ3n) is 0.792. The van der Waals surface area contributed by atoms with Crippen molar-refractivity contribution in [2.24, 2.45) is 0 Å². The molecule has 0 radical (unpaired) electrons. The van der Waals surface area contributed by atoms with E-state index in [0.717, 1.165) is 0 Å². The summed E-state index contributed by atoms with van der Waals surface area (Å²) < 4.78 is 8.92. The molecule has 0 heterocycles. The molecule has 0 aliphatic heterocycles. The molecule has 0 aliphatic rings. The van der Waals surface area contributed by atoms with Crippen LogP contribution in [0.3, 0.4) is 0 Å². The van der Waals surface area contributed by atoms with Crippen LogP contribution in [0, 0.1) is 0 Å². The van der Waals surface area contributed by atoms with Crippen LogP contribution in [0.2, 0.25) is 0 Å². The van der Waals surface area contributed by atoms with Crippen LogP contribution in [0.4, 0.5) is 4.79 Å². The summed E-state index contributed by atoms with van der Waals surface area (Å²) in [5.74, 6) is 0.111. The standard InChI is InChI=1S/C5H9ClO4/c1-9-3-4(2-6)10-5(7)8/h4H,2-3H2,1H3,(H,7,8). The molecule has 4 nitrogen and oxygen atoms in total. The normalized spacial score (nSPS) is 12.6. The molecule has 60 valence electrons. The molecule has 0 saturated carbocycles. The number of halogens is 1. The summed E-state index contributed by atoms with van der Waals surface area (Å²) in [5.41, 5.74) is 0. The van der Waals surface area contributed by atoms with E-state index in [-0.39, 0.29) is 12.5 Å². The van der Waals surface area contributed by atoms with Crippen LogP contribution in [0.15, 0.2) is 0 Å². The molecule has 10 heavy (non-hydrogen) atoms. The molecule has 1 N–H and O–H groups in total. The molecular weight excluding hydrogens is 160 g/mol. The molecule has 1 unspecified atom stereocenters. The molecule has 0 saturated heterocycles. The van der Waals surface area contributed by atoms with E-state index < -0.39 is 12.3 Å². The van der Waals surface area contributed by atoms with Crippen molar-refractivity contribution in [3.8, 4) is 0 Å². The van der Waals surface area contributed by atoms with E-state index in [1.165, 1.54) is 7.11 Å². The lowest BCUT2D eigenvalue weighted by Gasteiger charge is -2.10. The van der Waals surface area contributed by atoms with Gasteiger partial charge in [-0.2, -0.15) is 0 Å². The van der Waals surface area contributed by atoms with E-state index in [2.05, 4.69) is 9.47 Å². The molecule has 0 aromatic heterocycles. The Morgan fingerprint density at radius 1 is 1.80 bits per heavy atom. The monoisotopic (exact) mass is 168 g/mol. The largest absolute Gasteiger partial charge is 0.506 e. The average Bonchev–Trinajstić information content (AvgIpc) is 1.86. The van der Waals surface area contributed by atoms with E-state index in [9.17, 15) is 4.79 Å². The predicted octanol–water partition coefficient (Wildman–Crippen LogP) is 0.935. The number of carbonyl (C=O) groups is 1. The third-order valence-corrected chi connectivity index (χ3v) is 1.14. The number of methoxy groups -OCH3 is 1. The maximum atomic E-state index is 9.91. The average molecular weight is 169 g/mol. The summed E-state index contributed by atoms with van der Waals surface area (Å²) in [6.45, 7) is 0.190. The lowest BCUT2D eigenvalue weighted by Crippen LogP contribution is -2.23. The van der Waals surface area contributed by atoms with Crippen molar-refractivity contribution < 1.29 is 19.4 Å². The minimum Gasteiger partial charge on any atom is -0.450 e. The Balaban J connectivity index is 3.49. The van der Waals surface area contributed by atoms with Gasteiger partial charge in [0.15, 0.2) is 0 Å². The molecule has 0 fully saturated rings. The van der Waals surface area contributed by atoms with Crippen molar-refractivity contribution >= 4 is 17.8 Å². The second kappa shape index (κ2) is 5.32. The third kappa shape index (κ3) is 4.40. The first-order chi connectivity index (χ1) is 4.70. The van der Waals surface area contributed by atoms with Gasteiger partial charge in [-0.25, -0.2) is 4.79 Å². The molecule has 1 atom stereocenters. The Kier molecular flexibility index (Phi) is 5.06. The highest BCUT2D eigenvalue weighted by Crippen LogP contribution is 1.95. The highest BCUT2D eigenvalue weighted by molar-refractivity contribution is 6.18. The molecule has 0 spiro atoms. The molecule has 5 heteroatoms. The summed E-state index contributed by atoms with van der Waals surface area (Å²) in [6.07, 6.45) is -1.90. The van der Waals surface area contributed by atoms with Crippen LogP contribution in [0.5, 0.6) is 0 Å². The van der Waals surface area contributed by atoms with Gasteiger partial charge in [-0.3, -0.25) is 0 Å². The second-order valence-corrected chi connectivity index (χ2v) is 1.92. The summed E-state index contributed by atoms with van der Waals surface area (Å²) in [5, 5.41) is 8.11. The zero-order valence-electron chi connectivity index (χ0n) is 5.54. The fourth-order valence-corrected chi connectivity index (χ4v) is 0.591. The molecule has 0 aromatic rings. The molecule has 0 aromatic carbocycles. The first-order valence-corrected chi connectivity index (χ1v) is 3.18. The summed E-state index contributed by atoms with van der Waals surface area (Å²) in [6, 6.07) is 0. The van der Waals surface area contributed by atoms with Crippen molar-refractivity contribution in [2.75, 3.05) is 19.6 Å². The van der Waals surface area contributed by atoms with Crippen molar-refractivity contribution in [3.63, 3.8) is 0 Å². The second-order valence-electron chi connectivity index (χ2n) is 1.62. The van der Waals surface area contributed by atoms with Crippen molar-refractivity contribution in [2.45, 2.75) is 6.10 Å². The van der Waals surface area contributed by atoms with Gasteiger partial charge >= 0.3 is 6.16 Å². The Morgan fingerprint density at radius 2 is 2.40 bits per heavy atom. The maximum absolute atomic E-state index is 9.91. The van der Waals surface area contributed by atoms with Crippen LogP contribution < -0.4 is 0 Å². The number of hydrogen-bond donors (Lipinski definition) is 1. The van der Waals surface area contributed by atoms with Crippen LogP contribution >= 0.6 is 11.6 Å². The fourth-order valence-electron chi connectivity index (χ4n) is 0.439. The SMILES string of the molecule is COCC(CCl)OC(=O)O. The fraction of sp³-hybridized carbons (Fsp3) is 0.800. The Hall–Kier alpha value is -0.480. The predicted molar refractivity (Wildman–Crippen MR) is 35.5 cm³/mol. The molecular formula is C5H9ClO4. The minimum absolute atomic E-state index is 0.111. The van der Waals surface area contributed by atoms with Gasteiger partial charge in [-0.05, 0) is 0 Å². The first kappa shape index (κ1) is 9.52. The van der Waals surface area contributed by atoms with E-state index >= 15 is 0 Å². The van der Waals surface area contributed by atoms with E-state index in [1.807, 2.05) is 0 Å². The smallest absolute Gasteiger partial charge is 0.450 e. The Bertz CT molecular complexity index is 106. The van der Waals surface area contributed by atoms with Gasteiger partial charge in [0.25, 0.3) is 0 Å². The van der Waals surface area contributed by atoms with E-state index in [1.54, 1.807) is 0 Å². The van der Waals surface area contributed by atoms with E-state index in [0.29, 0.717) is 0 Å². The van der Waals surface area contributed by atoms with Crippen LogP contribution in [0.1, 0.15) is 0 Å². The Labute approximate surface area is 63.7 Å². The highest BCUT2D eigenvalue weighted by atomic mass is 35.5. The van der Waals surface area contributed by atoms with Crippen molar-refractivity contribution in [1.29, 1.82) is 0 Å². The summed E-state index contributed by atoms with van der Waals surface area (Å²) in [7, 11) is 1.45. The topological polar surface area (TPSA) is 55.8 Å². The lowest BCUT2D eigenvalue weighted by molar-refractivity contribution is 0.0219. The van der Waals surface area contributed by atoms with Gasteiger partial charge in [0.05, 0.1) is 12.5 Å². The van der Waals surface area contributed by atoms with E-state index in [4.69, 9.17) is 16.7 Å². The minimum atomic E-state index is -1.33. The van der Waals surface area contributed by atoms with Crippen LogP contribution in [0.25, 0.3) is 0 Å². The molecule has 0 bridgehead atoms. The number of ether oxygens (including phenoxy) is 2. The van der Waals surface area contributed by atoms with Crippen molar-refractivity contribution in [1.82, 2.24) is 0 Å². The number of hydrogen-bond acceptors (Lipinski definition) is 3. The molecule has 0 rings (SSSR count). The highest BCUT2D eigenvalue weighted by Gasteiger charge is 2.10. The number of alkyl halides is 1. The number of carboxylic acid groups (broad SMARTS) is 1. The summed E-state index contributed by atoms with van der Waals surface area (Å²) >= 11 is 5.32. The lowest BCUT2D eigenvalue weighted by atomic mass is 10.4. The summed E-state index contributed by atoms with van der Waals surface area (Å²) in [4.78, 5) is 9.91. The molecule has 0 aliphatic carbocycles. The van der Waals surface area contributed by atoms with Gasteiger partial charge in [0.1, 0.15) is 6.10 Å². The molecule has 0 amide bonds. The van der Waals surface area contributed by atoms with Crippen LogP contribution in [-0.2, 0) is 9.47 Å². The maximum Gasteiger partial charge on any atom is 0.506 e. The van der Waals surface area contributed by atoms with Crippen molar-refractivity contribution in [3.05, 3.63) is 0 Å². The quantitative estimate of drug-likeness (QED) is 0.501. The van der Waals surface area contributed by atoms with Gasteiger partial charge < -0.3 is 14.6 Å². The van der Waals surface area contributed by atoms with Gasteiger partial charge in [0.2, 0.25) is 0 Å².